The van der Waals surface area contributed by atoms with Crippen molar-refractivity contribution in [3.63, 3.8) is 0 Å². The molecule has 0 saturated heterocycles. The van der Waals surface area contributed by atoms with Crippen molar-refractivity contribution in [3.8, 4) is 0 Å². The Morgan fingerprint density at radius 1 is 1.13 bits per heavy atom. The Morgan fingerprint density at radius 3 is 2.30 bits per heavy atom. The molecule has 1 amide bonds. The van der Waals surface area contributed by atoms with E-state index in [0.717, 1.165) is 11.3 Å². The smallest absolute Gasteiger partial charge is 0.325 e. The number of carbonyl (C=O) groups is 2. The summed E-state index contributed by atoms with van der Waals surface area (Å²) in [5, 5.41) is 7.50. The van der Waals surface area contributed by atoms with Crippen LogP contribution in [0.4, 0.5) is 11.4 Å². The quantitative estimate of drug-likeness (QED) is 0.412. The topological polar surface area (TPSA) is 109 Å². The molecule has 0 fully saturated rings. The lowest BCUT2D eigenvalue weighted by molar-refractivity contribution is -0.138. The predicted octanol–water partition coefficient (Wildman–Crippen LogP) is 1.98. The molecule has 0 bridgehead atoms. The number of hydrogen-bond acceptors (Lipinski definition) is 6. The van der Waals surface area contributed by atoms with Crippen LogP contribution in [-0.2, 0) is 19.1 Å². The van der Waals surface area contributed by atoms with Crippen LogP contribution in [-0.4, -0.2) is 52.1 Å². The summed E-state index contributed by atoms with van der Waals surface area (Å²) in [5.74, 6) is 0.0516. The first-order chi connectivity index (χ1) is 14.3. The number of likely N-dealkylation sites (N-methyl/N-ethyl adjacent to an activating group) is 1. The largest absolute Gasteiger partial charge is 0.498 e. The molecule has 1 aliphatic heterocycles. The SMILES string of the molecule is COC(=O)CN(C)c1ccc(C2=C(OC)CN(c3ccc(C(=N)N)cc3)C2=O)cc1. The minimum absolute atomic E-state index is 0.0250. The van der Waals surface area contributed by atoms with Crippen molar-refractivity contribution in [3.05, 3.63) is 65.4 Å². The van der Waals surface area contributed by atoms with E-state index in [0.29, 0.717) is 29.1 Å². The van der Waals surface area contributed by atoms with Crippen LogP contribution in [0.15, 0.2) is 54.3 Å². The molecule has 8 nitrogen and oxygen atoms in total. The van der Waals surface area contributed by atoms with Crippen LogP contribution in [0.3, 0.4) is 0 Å². The number of carbonyl (C=O) groups excluding carboxylic acids is 2. The Morgan fingerprint density at radius 2 is 1.77 bits per heavy atom. The van der Waals surface area contributed by atoms with E-state index in [1.54, 1.807) is 48.2 Å². The summed E-state index contributed by atoms with van der Waals surface area (Å²) in [5.41, 5.74) is 8.84. The summed E-state index contributed by atoms with van der Waals surface area (Å²) in [4.78, 5) is 28.0. The summed E-state index contributed by atoms with van der Waals surface area (Å²) < 4.78 is 10.2. The van der Waals surface area contributed by atoms with Gasteiger partial charge in [0.25, 0.3) is 5.91 Å². The molecule has 0 unspecified atom stereocenters. The molecule has 0 aliphatic carbocycles. The number of esters is 1. The Kier molecular flexibility index (Phi) is 6.06. The van der Waals surface area contributed by atoms with Crippen LogP contribution in [0.1, 0.15) is 11.1 Å². The zero-order chi connectivity index (χ0) is 21.8. The first kappa shape index (κ1) is 20.9. The maximum atomic E-state index is 13.1. The third-order valence-corrected chi connectivity index (χ3v) is 4.97. The highest BCUT2D eigenvalue weighted by Crippen LogP contribution is 2.33. The van der Waals surface area contributed by atoms with Gasteiger partial charge in [-0.05, 0) is 42.0 Å². The Balaban J connectivity index is 1.83. The zero-order valence-corrected chi connectivity index (χ0v) is 17.1. The molecule has 0 aromatic heterocycles. The molecular formula is C22H24N4O4. The van der Waals surface area contributed by atoms with Crippen LogP contribution in [0.5, 0.6) is 0 Å². The van der Waals surface area contributed by atoms with Crippen molar-refractivity contribution in [2.45, 2.75) is 0 Å². The molecule has 2 aromatic rings. The number of nitrogens with zero attached hydrogens (tertiary/aromatic N) is 2. The van der Waals surface area contributed by atoms with E-state index in [-0.39, 0.29) is 24.3 Å². The fourth-order valence-electron chi connectivity index (χ4n) is 3.26. The van der Waals surface area contributed by atoms with Crippen molar-refractivity contribution in [1.29, 1.82) is 5.41 Å². The van der Waals surface area contributed by atoms with Gasteiger partial charge < -0.3 is 25.0 Å². The van der Waals surface area contributed by atoms with Gasteiger partial charge in [0.05, 0.1) is 26.3 Å². The molecule has 0 spiro atoms. The van der Waals surface area contributed by atoms with Gasteiger partial charge in [-0.3, -0.25) is 15.0 Å². The highest BCUT2D eigenvalue weighted by Gasteiger charge is 2.33. The Hall–Kier alpha value is -3.81. The van der Waals surface area contributed by atoms with E-state index in [4.69, 9.17) is 20.6 Å². The number of nitrogen functional groups attached to an aromatic ring is 1. The highest BCUT2D eigenvalue weighted by atomic mass is 16.5. The van der Waals surface area contributed by atoms with Crippen molar-refractivity contribution < 1.29 is 19.1 Å². The van der Waals surface area contributed by atoms with Gasteiger partial charge in [-0.1, -0.05) is 12.1 Å². The molecule has 1 aliphatic rings. The Labute approximate surface area is 175 Å². The normalized spacial score (nSPS) is 13.4. The first-order valence-corrected chi connectivity index (χ1v) is 9.27. The molecule has 3 rings (SSSR count). The third-order valence-electron chi connectivity index (χ3n) is 4.97. The van der Waals surface area contributed by atoms with Gasteiger partial charge in [-0.25, -0.2) is 0 Å². The van der Waals surface area contributed by atoms with E-state index in [1.807, 2.05) is 24.3 Å². The van der Waals surface area contributed by atoms with E-state index < -0.39 is 0 Å². The van der Waals surface area contributed by atoms with Crippen LogP contribution < -0.4 is 15.5 Å². The molecule has 156 valence electrons. The minimum atomic E-state index is -0.330. The molecule has 0 atom stereocenters. The highest BCUT2D eigenvalue weighted by molar-refractivity contribution is 6.29. The van der Waals surface area contributed by atoms with E-state index in [2.05, 4.69) is 0 Å². The lowest BCUT2D eigenvalue weighted by Crippen LogP contribution is -2.27. The number of amidine groups is 1. The number of amides is 1. The van der Waals surface area contributed by atoms with Crippen molar-refractivity contribution in [2.75, 3.05) is 44.2 Å². The standard InChI is InChI=1S/C22H24N4O4/c1-25(13-19(27)30-3)16-8-4-14(5-9-16)20-18(29-2)12-26(22(20)28)17-10-6-15(7-11-17)21(23)24/h4-11H,12-13H2,1-3H3,(H3,23,24). The predicted molar refractivity (Wildman–Crippen MR) is 115 cm³/mol. The van der Waals surface area contributed by atoms with Crippen molar-refractivity contribution >= 4 is 34.7 Å². The average molecular weight is 408 g/mol. The second-order valence-electron chi connectivity index (χ2n) is 6.83. The van der Waals surface area contributed by atoms with Gasteiger partial charge in [-0.2, -0.15) is 0 Å². The average Bonchev–Trinajstić information content (AvgIpc) is 3.09. The van der Waals surface area contributed by atoms with Gasteiger partial charge in [0.1, 0.15) is 18.1 Å². The van der Waals surface area contributed by atoms with E-state index >= 15 is 0 Å². The number of rotatable bonds is 7. The molecular weight excluding hydrogens is 384 g/mol. The molecule has 0 radical (unpaired) electrons. The van der Waals surface area contributed by atoms with Gasteiger partial charge in [0.2, 0.25) is 0 Å². The van der Waals surface area contributed by atoms with Crippen molar-refractivity contribution in [2.24, 2.45) is 5.73 Å². The Bertz CT molecular complexity index is 997. The molecule has 0 saturated carbocycles. The minimum Gasteiger partial charge on any atom is -0.498 e. The third kappa shape index (κ3) is 4.12. The monoisotopic (exact) mass is 408 g/mol. The van der Waals surface area contributed by atoms with Crippen LogP contribution >= 0.6 is 0 Å². The van der Waals surface area contributed by atoms with Gasteiger partial charge >= 0.3 is 5.97 Å². The number of nitrogens with one attached hydrogen (secondary N) is 1. The second-order valence-corrected chi connectivity index (χ2v) is 6.83. The van der Waals surface area contributed by atoms with Gasteiger partial charge in [0, 0.05) is 24.0 Å². The number of anilines is 2. The summed E-state index contributed by atoms with van der Waals surface area (Å²) in [6.07, 6.45) is 0. The molecule has 2 aromatic carbocycles. The second kappa shape index (κ2) is 8.69. The van der Waals surface area contributed by atoms with Crippen LogP contribution in [0, 0.1) is 5.41 Å². The van der Waals surface area contributed by atoms with E-state index in [1.165, 1.54) is 7.11 Å². The zero-order valence-electron chi connectivity index (χ0n) is 17.1. The molecule has 30 heavy (non-hydrogen) atoms. The van der Waals surface area contributed by atoms with E-state index in [9.17, 15) is 9.59 Å². The van der Waals surface area contributed by atoms with Gasteiger partial charge in [0.15, 0.2) is 0 Å². The van der Waals surface area contributed by atoms with Crippen molar-refractivity contribution in [1.82, 2.24) is 0 Å². The number of hydrogen-bond donors (Lipinski definition) is 2. The lowest BCUT2D eigenvalue weighted by Gasteiger charge is -2.18. The number of methoxy groups -OCH3 is 2. The van der Waals surface area contributed by atoms with Crippen LogP contribution in [0.25, 0.3) is 5.57 Å². The molecule has 1 heterocycles. The first-order valence-electron chi connectivity index (χ1n) is 9.27. The fraction of sp³-hybridized carbons (Fsp3) is 0.227. The maximum Gasteiger partial charge on any atom is 0.325 e. The summed E-state index contributed by atoms with van der Waals surface area (Å²) >= 11 is 0. The maximum absolute atomic E-state index is 13.1. The summed E-state index contributed by atoms with van der Waals surface area (Å²) in [7, 11) is 4.69. The molecule has 3 N–H and O–H groups in total. The fourth-order valence-corrected chi connectivity index (χ4v) is 3.26. The number of benzene rings is 2. The van der Waals surface area contributed by atoms with Crippen LogP contribution in [0.2, 0.25) is 0 Å². The lowest BCUT2D eigenvalue weighted by atomic mass is 10.0. The summed E-state index contributed by atoms with van der Waals surface area (Å²) in [6, 6.07) is 14.3. The summed E-state index contributed by atoms with van der Waals surface area (Å²) in [6.45, 7) is 0.443. The number of ether oxygens (including phenoxy) is 2. The number of nitrogens with two attached hydrogens (primary N) is 1. The molecule has 8 heteroatoms. The van der Waals surface area contributed by atoms with Gasteiger partial charge in [-0.15, -0.1) is 0 Å².